The van der Waals surface area contributed by atoms with Crippen LogP contribution < -0.4 is 4.90 Å². The molecule has 17 heavy (non-hydrogen) atoms. The molecule has 0 unspecified atom stereocenters. The number of hydrogen-bond donors (Lipinski definition) is 1. The SMILES string of the molecule is CCCN(CC(=O)O)c1ccccc1C(C)C. The molecule has 0 heterocycles. The molecule has 0 aliphatic heterocycles. The maximum Gasteiger partial charge on any atom is 0.323 e. The van der Waals surface area contributed by atoms with Crippen molar-refractivity contribution in [2.45, 2.75) is 33.1 Å². The van der Waals surface area contributed by atoms with E-state index in [1.54, 1.807) is 0 Å². The number of para-hydroxylation sites is 1. The summed E-state index contributed by atoms with van der Waals surface area (Å²) < 4.78 is 0. The molecule has 1 rings (SSSR count). The first-order valence-corrected chi connectivity index (χ1v) is 6.12. The van der Waals surface area contributed by atoms with Crippen LogP contribution in [0, 0.1) is 0 Å². The Bertz CT molecular complexity index is 374. The lowest BCUT2D eigenvalue weighted by molar-refractivity contribution is -0.135. The molecule has 0 saturated carbocycles. The summed E-state index contributed by atoms with van der Waals surface area (Å²) in [5.74, 6) is -0.378. The van der Waals surface area contributed by atoms with Gasteiger partial charge in [-0.05, 0) is 24.0 Å². The highest BCUT2D eigenvalue weighted by atomic mass is 16.4. The average Bonchev–Trinajstić information content (AvgIpc) is 2.28. The van der Waals surface area contributed by atoms with E-state index in [1.807, 2.05) is 23.1 Å². The molecule has 0 atom stereocenters. The van der Waals surface area contributed by atoms with Gasteiger partial charge in [-0.15, -0.1) is 0 Å². The van der Waals surface area contributed by atoms with Crippen molar-refractivity contribution >= 4 is 11.7 Å². The summed E-state index contributed by atoms with van der Waals surface area (Å²) in [5.41, 5.74) is 2.26. The van der Waals surface area contributed by atoms with E-state index in [9.17, 15) is 4.79 Å². The molecule has 1 N–H and O–H groups in total. The molecule has 0 saturated heterocycles. The normalized spacial score (nSPS) is 10.6. The van der Waals surface area contributed by atoms with E-state index in [4.69, 9.17) is 5.11 Å². The van der Waals surface area contributed by atoms with E-state index in [1.165, 1.54) is 5.56 Å². The van der Waals surface area contributed by atoms with Gasteiger partial charge in [-0.25, -0.2) is 0 Å². The highest BCUT2D eigenvalue weighted by molar-refractivity contribution is 5.74. The predicted octanol–water partition coefficient (Wildman–Crippen LogP) is 3.11. The third kappa shape index (κ3) is 3.77. The van der Waals surface area contributed by atoms with Crippen molar-refractivity contribution < 1.29 is 9.90 Å². The van der Waals surface area contributed by atoms with Gasteiger partial charge in [0.2, 0.25) is 0 Å². The van der Waals surface area contributed by atoms with E-state index in [-0.39, 0.29) is 6.54 Å². The Morgan fingerprint density at radius 1 is 1.35 bits per heavy atom. The summed E-state index contributed by atoms with van der Waals surface area (Å²) in [6, 6.07) is 8.05. The lowest BCUT2D eigenvalue weighted by atomic mass is 10.0. The molecule has 0 aliphatic rings. The summed E-state index contributed by atoms with van der Waals surface area (Å²) in [6.45, 7) is 7.16. The van der Waals surface area contributed by atoms with Crippen LogP contribution in [0.3, 0.4) is 0 Å². The molecule has 3 nitrogen and oxygen atoms in total. The van der Waals surface area contributed by atoms with Gasteiger partial charge >= 0.3 is 5.97 Å². The molecule has 94 valence electrons. The highest BCUT2D eigenvalue weighted by Crippen LogP contribution is 2.27. The number of aliphatic carboxylic acids is 1. The van der Waals surface area contributed by atoms with Gasteiger partial charge in [-0.2, -0.15) is 0 Å². The van der Waals surface area contributed by atoms with Crippen LogP contribution >= 0.6 is 0 Å². The van der Waals surface area contributed by atoms with Gasteiger partial charge in [0.15, 0.2) is 0 Å². The molecule has 0 aliphatic carbocycles. The third-order valence-electron chi connectivity index (χ3n) is 2.72. The smallest absolute Gasteiger partial charge is 0.323 e. The third-order valence-corrected chi connectivity index (χ3v) is 2.72. The van der Waals surface area contributed by atoms with Crippen LogP contribution in [0.4, 0.5) is 5.69 Å². The Morgan fingerprint density at radius 2 is 2.00 bits per heavy atom. The van der Waals surface area contributed by atoms with Crippen LogP contribution in [0.2, 0.25) is 0 Å². The zero-order valence-electron chi connectivity index (χ0n) is 10.8. The van der Waals surface area contributed by atoms with Crippen LogP contribution in [-0.4, -0.2) is 24.2 Å². The van der Waals surface area contributed by atoms with E-state index < -0.39 is 5.97 Å². The molecule has 1 aromatic rings. The molecule has 0 amide bonds. The van der Waals surface area contributed by atoms with Crippen molar-refractivity contribution in [3.8, 4) is 0 Å². The predicted molar refractivity (Wildman–Crippen MR) is 70.7 cm³/mol. The van der Waals surface area contributed by atoms with E-state index >= 15 is 0 Å². The average molecular weight is 235 g/mol. The van der Waals surface area contributed by atoms with Crippen molar-refractivity contribution in [1.29, 1.82) is 0 Å². The molecule has 0 aromatic heterocycles. The fraction of sp³-hybridized carbons (Fsp3) is 0.500. The van der Waals surface area contributed by atoms with Gasteiger partial charge in [-0.1, -0.05) is 39.0 Å². The van der Waals surface area contributed by atoms with Crippen molar-refractivity contribution in [3.05, 3.63) is 29.8 Å². The summed E-state index contributed by atoms with van der Waals surface area (Å²) in [5, 5.41) is 8.96. The lowest BCUT2D eigenvalue weighted by Gasteiger charge is -2.26. The molecular formula is C14H21NO2. The van der Waals surface area contributed by atoms with E-state index in [0.717, 1.165) is 18.7 Å². The standard InChI is InChI=1S/C14H21NO2/c1-4-9-15(10-14(16)17)13-8-6-5-7-12(13)11(2)3/h5-8,11H,4,9-10H2,1-3H3,(H,16,17). The number of carbonyl (C=O) groups is 1. The van der Waals surface area contributed by atoms with Crippen LogP contribution in [0.1, 0.15) is 38.7 Å². The van der Waals surface area contributed by atoms with Gasteiger partial charge in [0.25, 0.3) is 0 Å². The minimum absolute atomic E-state index is 0.0670. The summed E-state index contributed by atoms with van der Waals surface area (Å²) >= 11 is 0. The summed E-state index contributed by atoms with van der Waals surface area (Å²) in [6.07, 6.45) is 0.944. The highest BCUT2D eigenvalue weighted by Gasteiger charge is 2.14. The first kappa shape index (κ1) is 13.6. The Hall–Kier alpha value is -1.51. The van der Waals surface area contributed by atoms with Gasteiger partial charge in [0.05, 0.1) is 0 Å². The van der Waals surface area contributed by atoms with Crippen LogP contribution in [0.15, 0.2) is 24.3 Å². The summed E-state index contributed by atoms with van der Waals surface area (Å²) in [4.78, 5) is 12.8. The number of carboxylic acids is 1. The minimum atomic E-state index is -0.781. The molecule has 1 aromatic carbocycles. The van der Waals surface area contributed by atoms with Gasteiger partial charge in [0, 0.05) is 12.2 Å². The Labute approximate surface area is 103 Å². The van der Waals surface area contributed by atoms with Gasteiger partial charge < -0.3 is 10.0 Å². The number of hydrogen-bond acceptors (Lipinski definition) is 2. The maximum atomic E-state index is 10.9. The number of nitrogens with zero attached hydrogens (tertiary/aromatic N) is 1. The monoisotopic (exact) mass is 235 g/mol. The quantitative estimate of drug-likeness (QED) is 0.823. The molecule has 3 heteroatoms. The van der Waals surface area contributed by atoms with Gasteiger partial charge in [-0.3, -0.25) is 4.79 Å². The fourth-order valence-corrected chi connectivity index (χ4v) is 1.98. The van der Waals surface area contributed by atoms with Crippen molar-refractivity contribution in [2.75, 3.05) is 18.0 Å². The van der Waals surface area contributed by atoms with Crippen molar-refractivity contribution in [2.24, 2.45) is 0 Å². The molecule has 0 fully saturated rings. The first-order chi connectivity index (χ1) is 8.06. The second kappa shape index (κ2) is 6.28. The number of carboxylic acid groups (broad SMARTS) is 1. The molecule has 0 bridgehead atoms. The Morgan fingerprint density at radius 3 is 2.53 bits per heavy atom. The molecular weight excluding hydrogens is 214 g/mol. The zero-order valence-corrected chi connectivity index (χ0v) is 10.8. The fourth-order valence-electron chi connectivity index (χ4n) is 1.98. The van der Waals surface area contributed by atoms with Gasteiger partial charge in [0.1, 0.15) is 6.54 Å². The van der Waals surface area contributed by atoms with Crippen molar-refractivity contribution in [3.63, 3.8) is 0 Å². The maximum absolute atomic E-state index is 10.9. The molecule has 0 spiro atoms. The Kier molecular flexibility index (Phi) is 5.01. The Balaban J connectivity index is 3.03. The second-order valence-electron chi connectivity index (χ2n) is 4.53. The lowest BCUT2D eigenvalue weighted by Crippen LogP contribution is -2.31. The first-order valence-electron chi connectivity index (χ1n) is 6.12. The molecule has 0 radical (unpaired) electrons. The zero-order chi connectivity index (χ0) is 12.8. The topological polar surface area (TPSA) is 40.5 Å². The number of benzene rings is 1. The summed E-state index contributed by atoms with van der Waals surface area (Å²) in [7, 11) is 0. The van der Waals surface area contributed by atoms with Crippen LogP contribution in [0.25, 0.3) is 0 Å². The second-order valence-corrected chi connectivity index (χ2v) is 4.53. The van der Waals surface area contributed by atoms with Crippen LogP contribution in [-0.2, 0) is 4.79 Å². The van der Waals surface area contributed by atoms with Crippen LogP contribution in [0.5, 0.6) is 0 Å². The number of rotatable bonds is 6. The van der Waals surface area contributed by atoms with E-state index in [2.05, 4.69) is 26.8 Å². The van der Waals surface area contributed by atoms with Crippen molar-refractivity contribution in [1.82, 2.24) is 0 Å². The van der Waals surface area contributed by atoms with E-state index in [0.29, 0.717) is 5.92 Å². The largest absolute Gasteiger partial charge is 0.480 e. The minimum Gasteiger partial charge on any atom is -0.480 e. The number of anilines is 1.